The summed E-state index contributed by atoms with van der Waals surface area (Å²) in [5, 5.41) is 9.35. The van der Waals surface area contributed by atoms with Gasteiger partial charge in [0, 0.05) is 11.8 Å². The molecule has 0 amide bonds. The first-order valence-corrected chi connectivity index (χ1v) is 7.89. The van der Waals surface area contributed by atoms with Gasteiger partial charge in [-0.15, -0.1) is 0 Å². The fourth-order valence-electron chi connectivity index (χ4n) is 2.93. The number of hydrogen-bond acceptors (Lipinski definition) is 3. The van der Waals surface area contributed by atoms with Crippen LogP contribution in [0.2, 0.25) is 0 Å². The lowest BCUT2D eigenvalue weighted by Gasteiger charge is -2.32. The Morgan fingerprint density at radius 3 is 2.70 bits per heavy atom. The maximum atomic E-state index is 9.35. The Morgan fingerprint density at radius 2 is 2.05 bits per heavy atom. The van der Waals surface area contributed by atoms with Crippen LogP contribution in [0.1, 0.15) is 57.7 Å². The molecule has 3 heteroatoms. The first-order chi connectivity index (χ1) is 9.62. The van der Waals surface area contributed by atoms with Gasteiger partial charge in [-0.2, -0.15) is 0 Å². The molecular weight excluding hydrogens is 250 g/mol. The molecular formula is C17H27NO2. The first kappa shape index (κ1) is 15.3. The molecule has 1 N–H and O–H groups in total. The van der Waals surface area contributed by atoms with E-state index < -0.39 is 0 Å². The van der Waals surface area contributed by atoms with Crippen LogP contribution in [0.15, 0.2) is 12.1 Å². The lowest BCUT2D eigenvalue weighted by atomic mass is 9.80. The van der Waals surface area contributed by atoms with Gasteiger partial charge < -0.3 is 9.84 Å². The molecule has 1 aliphatic rings. The van der Waals surface area contributed by atoms with Crippen molar-refractivity contribution in [3.05, 3.63) is 23.4 Å². The smallest absolute Gasteiger partial charge is 0.214 e. The second-order valence-electron chi connectivity index (χ2n) is 6.22. The van der Waals surface area contributed by atoms with E-state index in [9.17, 15) is 5.11 Å². The summed E-state index contributed by atoms with van der Waals surface area (Å²) in [7, 11) is 0. The van der Waals surface area contributed by atoms with Gasteiger partial charge in [0.25, 0.3) is 0 Å². The molecule has 1 aromatic rings. The van der Waals surface area contributed by atoms with Crippen molar-refractivity contribution >= 4 is 0 Å². The number of aliphatic hydroxyl groups is 1. The monoisotopic (exact) mass is 277 g/mol. The fourth-order valence-corrected chi connectivity index (χ4v) is 2.93. The predicted octanol–water partition coefficient (Wildman–Crippen LogP) is 3.73. The number of nitrogens with zero attached hydrogens (tertiary/aromatic N) is 1. The van der Waals surface area contributed by atoms with E-state index in [2.05, 4.69) is 25.8 Å². The summed E-state index contributed by atoms with van der Waals surface area (Å²) in [4.78, 5) is 4.58. The van der Waals surface area contributed by atoms with E-state index in [4.69, 9.17) is 4.74 Å². The van der Waals surface area contributed by atoms with Crippen LogP contribution in [0.25, 0.3) is 0 Å². The molecule has 0 aromatic carbocycles. The van der Waals surface area contributed by atoms with E-state index in [1.807, 2.05) is 12.1 Å². The third kappa shape index (κ3) is 3.95. The maximum Gasteiger partial charge on any atom is 0.214 e. The minimum atomic E-state index is 0.0493. The number of hydrogen-bond donors (Lipinski definition) is 1. The normalized spacial score (nSPS) is 26.5. The molecule has 1 aliphatic carbocycles. The molecule has 3 atom stereocenters. The molecule has 1 fully saturated rings. The SMILES string of the molecule is CCCc1cc(CO)cc(OC2CCC(C)C(C)C2)n1. The number of aryl methyl sites for hydroxylation is 1. The Bertz CT molecular complexity index is 433. The van der Waals surface area contributed by atoms with Crippen LogP contribution in [0, 0.1) is 11.8 Å². The third-order valence-electron chi connectivity index (χ3n) is 4.44. The molecule has 3 nitrogen and oxygen atoms in total. The summed E-state index contributed by atoms with van der Waals surface area (Å²) in [5.41, 5.74) is 1.92. The van der Waals surface area contributed by atoms with Gasteiger partial charge in [-0.05, 0) is 49.1 Å². The summed E-state index contributed by atoms with van der Waals surface area (Å²) in [6.45, 7) is 6.82. The van der Waals surface area contributed by atoms with Crippen molar-refractivity contribution in [2.24, 2.45) is 11.8 Å². The van der Waals surface area contributed by atoms with Crippen molar-refractivity contribution in [3.63, 3.8) is 0 Å². The van der Waals surface area contributed by atoms with Crippen LogP contribution in [-0.2, 0) is 13.0 Å². The lowest BCUT2D eigenvalue weighted by Crippen LogP contribution is -2.29. The van der Waals surface area contributed by atoms with Gasteiger partial charge in [-0.3, -0.25) is 0 Å². The van der Waals surface area contributed by atoms with E-state index in [1.54, 1.807) is 0 Å². The van der Waals surface area contributed by atoms with Crippen molar-refractivity contribution in [2.75, 3.05) is 0 Å². The van der Waals surface area contributed by atoms with Gasteiger partial charge in [0.05, 0.1) is 6.61 Å². The highest BCUT2D eigenvalue weighted by atomic mass is 16.5. The summed E-state index contributed by atoms with van der Waals surface area (Å²) in [5.74, 6) is 2.19. The number of pyridine rings is 1. The van der Waals surface area contributed by atoms with Gasteiger partial charge in [0.15, 0.2) is 0 Å². The number of aromatic nitrogens is 1. The van der Waals surface area contributed by atoms with E-state index in [-0.39, 0.29) is 12.7 Å². The van der Waals surface area contributed by atoms with Crippen molar-refractivity contribution < 1.29 is 9.84 Å². The molecule has 0 saturated heterocycles. The summed E-state index contributed by atoms with van der Waals surface area (Å²) in [6.07, 6.45) is 5.71. The van der Waals surface area contributed by atoms with Crippen LogP contribution in [0.3, 0.4) is 0 Å². The van der Waals surface area contributed by atoms with E-state index in [0.29, 0.717) is 11.8 Å². The molecule has 0 aliphatic heterocycles. The van der Waals surface area contributed by atoms with Gasteiger partial charge in [0.1, 0.15) is 6.10 Å². The van der Waals surface area contributed by atoms with Crippen molar-refractivity contribution in [2.45, 2.75) is 65.6 Å². The summed E-state index contributed by atoms with van der Waals surface area (Å²) < 4.78 is 6.08. The number of aliphatic hydroxyl groups excluding tert-OH is 1. The Morgan fingerprint density at radius 1 is 1.25 bits per heavy atom. The Balaban J connectivity index is 2.06. The molecule has 3 unspecified atom stereocenters. The third-order valence-corrected chi connectivity index (χ3v) is 4.44. The molecule has 0 radical (unpaired) electrons. The van der Waals surface area contributed by atoms with E-state index >= 15 is 0 Å². The zero-order chi connectivity index (χ0) is 14.5. The standard InChI is InChI=1S/C17H27NO2/c1-4-5-15-9-14(11-19)10-17(18-15)20-16-7-6-12(2)13(3)8-16/h9-10,12-13,16,19H,4-8,11H2,1-3H3. The fraction of sp³-hybridized carbons (Fsp3) is 0.706. The minimum Gasteiger partial charge on any atom is -0.474 e. The molecule has 112 valence electrons. The van der Waals surface area contributed by atoms with Crippen molar-refractivity contribution in [1.82, 2.24) is 4.98 Å². The Hall–Kier alpha value is -1.09. The van der Waals surface area contributed by atoms with Crippen LogP contribution in [-0.4, -0.2) is 16.2 Å². The molecule has 1 heterocycles. The molecule has 0 bridgehead atoms. The maximum absolute atomic E-state index is 9.35. The van der Waals surface area contributed by atoms with Crippen LogP contribution in [0.5, 0.6) is 5.88 Å². The lowest BCUT2D eigenvalue weighted by molar-refractivity contribution is 0.0960. The number of rotatable bonds is 5. The summed E-state index contributed by atoms with van der Waals surface area (Å²) in [6, 6.07) is 3.85. The Labute approximate surface area is 122 Å². The second-order valence-corrected chi connectivity index (χ2v) is 6.22. The average Bonchev–Trinajstić information content (AvgIpc) is 2.43. The van der Waals surface area contributed by atoms with Crippen LogP contribution >= 0.6 is 0 Å². The molecule has 0 spiro atoms. The summed E-state index contributed by atoms with van der Waals surface area (Å²) >= 11 is 0. The molecule has 1 aromatic heterocycles. The van der Waals surface area contributed by atoms with E-state index in [1.165, 1.54) is 6.42 Å². The highest BCUT2D eigenvalue weighted by molar-refractivity contribution is 5.25. The van der Waals surface area contributed by atoms with Crippen molar-refractivity contribution in [1.29, 1.82) is 0 Å². The molecule has 2 rings (SSSR count). The molecule has 20 heavy (non-hydrogen) atoms. The van der Waals surface area contributed by atoms with Gasteiger partial charge in [-0.25, -0.2) is 4.98 Å². The quantitative estimate of drug-likeness (QED) is 0.891. The van der Waals surface area contributed by atoms with E-state index in [0.717, 1.165) is 42.9 Å². The zero-order valence-electron chi connectivity index (χ0n) is 12.9. The predicted molar refractivity (Wildman–Crippen MR) is 80.7 cm³/mol. The zero-order valence-corrected chi connectivity index (χ0v) is 12.9. The largest absolute Gasteiger partial charge is 0.474 e. The average molecular weight is 277 g/mol. The van der Waals surface area contributed by atoms with Gasteiger partial charge in [0.2, 0.25) is 5.88 Å². The topological polar surface area (TPSA) is 42.4 Å². The van der Waals surface area contributed by atoms with Crippen LogP contribution in [0.4, 0.5) is 0 Å². The minimum absolute atomic E-state index is 0.0493. The first-order valence-electron chi connectivity index (χ1n) is 7.89. The molecule has 1 saturated carbocycles. The van der Waals surface area contributed by atoms with Crippen LogP contribution < -0.4 is 4.74 Å². The Kier molecular flexibility index (Phi) is 5.41. The number of ether oxygens (including phenoxy) is 1. The van der Waals surface area contributed by atoms with Gasteiger partial charge in [-0.1, -0.05) is 27.2 Å². The highest BCUT2D eigenvalue weighted by Gasteiger charge is 2.26. The van der Waals surface area contributed by atoms with Crippen molar-refractivity contribution in [3.8, 4) is 5.88 Å². The van der Waals surface area contributed by atoms with Gasteiger partial charge >= 0.3 is 0 Å². The highest BCUT2D eigenvalue weighted by Crippen LogP contribution is 2.31. The second kappa shape index (κ2) is 7.07.